The highest BCUT2D eigenvalue weighted by atomic mass is 16.5. The van der Waals surface area contributed by atoms with Crippen LogP contribution in [0, 0.1) is 5.92 Å². The third kappa shape index (κ3) is 5.61. The van der Waals surface area contributed by atoms with Gasteiger partial charge in [-0.05, 0) is 25.3 Å². The van der Waals surface area contributed by atoms with Gasteiger partial charge in [0.25, 0.3) is 0 Å². The van der Waals surface area contributed by atoms with Gasteiger partial charge >= 0.3 is 0 Å². The number of unbranched alkanes of at least 4 members (excludes halogenated alkanes) is 1. The molecule has 2 nitrogen and oxygen atoms in total. The first kappa shape index (κ1) is 12.0. The molecule has 1 N–H and O–H groups in total. The lowest BCUT2D eigenvalue weighted by Gasteiger charge is -2.24. The molecular weight excluding hydrogens is 174 g/mol. The summed E-state index contributed by atoms with van der Waals surface area (Å²) in [7, 11) is 0. The Kier molecular flexibility index (Phi) is 7.06. The molecule has 0 unspecified atom stereocenters. The van der Waals surface area contributed by atoms with Gasteiger partial charge in [-0.2, -0.15) is 0 Å². The highest BCUT2D eigenvalue weighted by Gasteiger charge is 2.16. The first-order valence-electron chi connectivity index (χ1n) is 6.22. The van der Waals surface area contributed by atoms with Crippen LogP contribution < -0.4 is 5.32 Å². The van der Waals surface area contributed by atoms with Crippen molar-refractivity contribution >= 4 is 0 Å². The summed E-state index contributed by atoms with van der Waals surface area (Å²) in [6, 6.07) is 0. The zero-order chi connectivity index (χ0) is 10.1. The summed E-state index contributed by atoms with van der Waals surface area (Å²) in [5.41, 5.74) is 0. The van der Waals surface area contributed by atoms with E-state index < -0.39 is 0 Å². The van der Waals surface area contributed by atoms with Crippen molar-refractivity contribution in [2.24, 2.45) is 5.92 Å². The largest absolute Gasteiger partial charge is 0.380 e. The Morgan fingerprint density at radius 1 is 1.21 bits per heavy atom. The molecule has 0 bridgehead atoms. The fourth-order valence-corrected chi connectivity index (χ4v) is 1.70. The first-order chi connectivity index (χ1) is 6.93. The molecule has 0 heterocycles. The van der Waals surface area contributed by atoms with E-state index in [4.69, 9.17) is 4.74 Å². The topological polar surface area (TPSA) is 21.3 Å². The number of hydrogen-bond acceptors (Lipinski definition) is 2. The lowest BCUT2D eigenvalue weighted by Crippen LogP contribution is -2.21. The maximum atomic E-state index is 5.56. The second-order valence-electron chi connectivity index (χ2n) is 4.30. The molecule has 1 saturated carbocycles. The monoisotopic (exact) mass is 199 g/mol. The minimum Gasteiger partial charge on any atom is -0.380 e. The molecule has 1 aliphatic carbocycles. The van der Waals surface area contributed by atoms with Crippen LogP contribution in [0.15, 0.2) is 0 Å². The molecule has 0 saturated heterocycles. The maximum Gasteiger partial charge on any atom is 0.0590 e. The molecule has 14 heavy (non-hydrogen) atoms. The zero-order valence-electron chi connectivity index (χ0n) is 9.56. The van der Waals surface area contributed by atoms with Gasteiger partial charge in [-0.25, -0.2) is 0 Å². The molecule has 0 aromatic rings. The van der Waals surface area contributed by atoms with Crippen LogP contribution >= 0.6 is 0 Å². The van der Waals surface area contributed by atoms with Gasteiger partial charge < -0.3 is 10.1 Å². The fraction of sp³-hybridized carbons (Fsp3) is 1.00. The molecule has 1 rings (SSSR count). The van der Waals surface area contributed by atoms with Gasteiger partial charge in [0.15, 0.2) is 0 Å². The Labute approximate surface area is 88.4 Å². The number of ether oxygens (including phenoxy) is 1. The predicted molar refractivity (Wildman–Crippen MR) is 60.6 cm³/mol. The van der Waals surface area contributed by atoms with Crippen LogP contribution in [0.2, 0.25) is 0 Å². The molecule has 0 aromatic carbocycles. The maximum absolute atomic E-state index is 5.56. The Hall–Kier alpha value is -0.0800. The van der Waals surface area contributed by atoms with E-state index in [0.29, 0.717) is 0 Å². The van der Waals surface area contributed by atoms with Crippen molar-refractivity contribution < 1.29 is 4.74 Å². The molecule has 0 spiro atoms. The number of rotatable bonds is 9. The highest BCUT2D eigenvalue weighted by Crippen LogP contribution is 2.28. The van der Waals surface area contributed by atoms with Gasteiger partial charge in [-0.3, -0.25) is 0 Å². The van der Waals surface area contributed by atoms with Gasteiger partial charge in [0.05, 0.1) is 6.61 Å². The van der Waals surface area contributed by atoms with Gasteiger partial charge in [0, 0.05) is 13.2 Å². The standard InChI is InChI=1S/C12H25NO/c1-2-3-8-13-9-11-14-10-7-12-5-4-6-12/h12-13H,2-11H2,1H3. The molecule has 1 aliphatic rings. The van der Waals surface area contributed by atoms with Crippen LogP contribution in [0.4, 0.5) is 0 Å². The second-order valence-corrected chi connectivity index (χ2v) is 4.30. The molecule has 0 aromatic heterocycles. The third-order valence-electron chi connectivity index (χ3n) is 3.03. The van der Waals surface area contributed by atoms with Crippen LogP contribution in [0.1, 0.15) is 45.4 Å². The minimum absolute atomic E-state index is 0.885. The zero-order valence-corrected chi connectivity index (χ0v) is 9.56. The Morgan fingerprint density at radius 2 is 2.07 bits per heavy atom. The molecule has 0 radical (unpaired) electrons. The van der Waals surface area contributed by atoms with E-state index >= 15 is 0 Å². The lowest BCUT2D eigenvalue weighted by atomic mass is 9.83. The summed E-state index contributed by atoms with van der Waals surface area (Å²) in [6.07, 6.45) is 8.17. The van der Waals surface area contributed by atoms with Gasteiger partial charge in [0.1, 0.15) is 0 Å². The predicted octanol–water partition coefficient (Wildman–Crippen LogP) is 2.58. The SMILES string of the molecule is CCCCNCCOCCC1CCC1. The fourth-order valence-electron chi connectivity index (χ4n) is 1.70. The van der Waals surface area contributed by atoms with E-state index in [1.807, 2.05) is 0 Å². The van der Waals surface area contributed by atoms with Crippen molar-refractivity contribution in [2.45, 2.75) is 45.4 Å². The normalized spacial score (nSPS) is 16.9. The van der Waals surface area contributed by atoms with Gasteiger partial charge in [0.2, 0.25) is 0 Å². The second kappa shape index (κ2) is 8.25. The van der Waals surface area contributed by atoms with E-state index in [-0.39, 0.29) is 0 Å². The Bertz CT molecular complexity index is 123. The molecule has 0 amide bonds. The molecule has 84 valence electrons. The van der Waals surface area contributed by atoms with E-state index in [1.54, 1.807) is 0 Å². The Balaban J connectivity index is 1.67. The number of nitrogens with one attached hydrogen (secondary N) is 1. The van der Waals surface area contributed by atoms with Crippen LogP contribution in [-0.4, -0.2) is 26.3 Å². The third-order valence-corrected chi connectivity index (χ3v) is 3.03. The van der Waals surface area contributed by atoms with E-state index in [1.165, 1.54) is 38.5 Å². The van der Waals surface area contributed by atoms with Gasteiger partial charge in [-0.1, -0.05) is 32.6 Å². The summed E-state index contributed by atoms with van der Waals surface area (Å²) in [6.45, 7) is 6.24. The molecular formula is C12H25NO. The summed E-state index contributed by atoms with van der Waals surface area (Å²) in [4.78, 5) is 0. The minimum atomic E-state index is 0.885. The van der Waals surface area contributed by atoms with Crippen LogP contribution in [-0.2, 0) is 4.74 Å². The summed E-state index contributed by atoms with van der Waals surface area (Å²) in [5, 5.41) is 3.38. The van der Waals surface area contributed by atoms with Crippen LogP contribution in [0.3, 0.4) is 0 Å². The van der Waals surface area contributed by atoms with Crippen molar-refractivity contribution in [1.82, 2.24) is 5.32 Å². The summed E-state index contributed by atoms with van der Waals surface area (Å²) in [5.74, 6) is 0.989. The highest BCUT2D eigenvalue weighted by molar-refractivity contribution is 4.68. The average molecular weight is 199 g/mol. The van der Waals surface area contributed by atoms with Crippen molar-refractivity contribution in [3.8, 4) is 0 Å². The molecule has 0 aliphatic heterocycles. The van der Waals surface area contributed by atoms with Crippen LogP contribution in [0.5, 0.6) is 0 Å². The molecule has 0 atom stereocenters. The quantitative estimate of drug-likeness (QED) is 0.576. The molecule has 2 heteroatoms. The first-order valence-corrected chi connectivity index (χ1v) is 6.22. The van der Waals surface area contributed by atoms with E-state index in [0.717, 1.165) is 32.2 Å². The van der Waals surface area contributed by atoms with Crippen molar-refractivity contribution in [2.75, 3.05) is 26.3 Å². The molecule has 1 fully saturated rings. The average Bonchev–Trinajstić information content (AvgIpc) is 2.13. The van der Waals surface area contributed by atoms with Crippen LogP contribution in [0.25, 0.3) is 0 Å². The van der Waals surface area contributed by atoms with E-state index in [9.17, 15) is 0 Å². The Morgan fingerprint density at radius 3 is 2.71 bits per heavy atom. The lowest BCUT2D eigenvalue weighted by molar-refractivity contribution is 0.108. The summed E-state index contributed by atoms with van der Waals surface area (Å²) >= 11 is 0. The van der Waals surface area contributed by atoms with Gasteiger partial charge in [-0.15, -0.1) is 0 Å². The van der Waals surface area contributed by atoms with Crippen molar-refractivity contribution in [1.29, 1.82) is 0 Å². The summed E-state index contributed by atoms with van der Waals surface area (Å²) < 4.78 is 5.56. The smallest absolute Gasteiger partial charge is 0.0590 e. The van der Waals surface area contributed by atoms with E-state index in [2.05, 4.69) is 12.2 Å². The van der Waals surface area contributed by atoms with Crippen molar-refractivity contribution in [3.05, 3.63) is 0 Å². The number of hydrogen-bond donors (Lipinski definition) is 1. The van der Waals surface area contributed by atoms with Crippen molar-refractivity contribution in [3.63, 3.8) is 0 Å².